The van der Waals surface area contributed by atoms with Gasteiger partial charge in [-0.05, 0) is 57.8 Å². The Balaban J connectivity index is 2.36. The van der Waals surface area contributed by atoms with Gasteiger partial charge < -0.3 is 29.5 Å². The zero-order chi connectivity index (χ0) is 37.7. The number of hydrogen-bond acceptors (Lipinski definition) is 9. The van der Waals surface area contributed by atoms with Crippen LogP contribution in [0.4, 0.5) is 0 Å². The first-order valence-corrected chi connectivity index (χ1v) is 20.9. The minimum Gasteiger partial charge on any atom is -0.462 e. The molecule has 0 aliphatic heterocycles. The minimum atomic E-state index is -4.83. The molecule has 0 radical (unpaired) electrons. The molecule has 0 bridgehead atoms. The van der Waals surface area contributed by atoms with Gasteiger partial charge in [0.2, 0.25) is 0 Å². The van der Waals surface area contributed by atoms with Gasteiger partial charge in [-0.1, -0.05) is 108 Å². The number of ether oxygens (including phenoxy) is 2. The van der Waals surface area contributed by atoms with E-state index in [4.69, 9.17) is 19.3 Å². The first-order chi connectivity index (χ1) is 24.5. The van der Waals surface area contributed by atoms with Crippen molar-refractivity contribution in [2.45, 2.75) is 167 Å². The van der Waals surface area contributed by atoms with Crippen LogP contribution in [0.3, 0.4) is 0 Å². The molecule has 5 atom stereocenters. The maximum absolute atomic E-state index is 12.5. The molecular formula is C39H67O11P. The van der Waals surface area contributed by atoms with Crippen molar-refractivity contribution in [1.82, 2.24) is 0 Å². The Morgan fingerprint density at radius 1 is 0.804 bits per heavy atom. The second-order valence-electron chi connectivity index (χ2n) is 13.7. The summed E-state index contributed by atoms with van der Waals surface area (Å²) < 4.78 is 26.3. The summed E-state index contributed by atoms with van der Waals surface area (Å²) in [6, 6.07) is 0. The number of Topliss-reactive ketones (excluding diaryl/α,β-unsaturated/α-hetero) is 1. The zero-order valence-electron chi connectivity index (χ0n) is 31.2. The van der Waals surface area contributed by atoms with Crippen LogP contribution in [0.15, 0.2) is 36.5 Å². The highest BCUT2D eigenvalue weighted by molar-refractivity contribution is 7.46. The highest BCUT2D eigenvalue weighted by Crippen LogP contribution is 2.36. The van der Waals surface area contributed by atoms with Gasteiger partial charge in [0.15, 0.2) is 6.10 Å². The van der Waals surface area contributed by atoms with Crippen LogP contribution in [-0.2, 0) is 32.9 Å². The van der Waals surface area contributed by atoms with Crippen LogP contribution >= 0.6 is 7.82 Å². The molecule has 0 aromatic rings. The Kier molecular flexibility index (Phi) is 27.0. The number of allylic oxidation sites excluding steroid dienone is 5. The van der Waals surface area contributed by atoms with Crippen molar-refractivity contribution in [3.05, 3.63) is 36.5 Å². The molecule has 294 valence electrons. The van der Waals surface area contributed by atoms with E-state index in [1.165, 1.54) is 25.7 Å². The number of unbranched alkanes of at least 4 members (excludes halogenated alkanes) is 12. The Morgan fingerprint density at radius 2 is 1.39 bits per heavy atom. The average molecular weight is 743 g/mol. The Morgan fingerprint density at radius 3 is 2.08 bits per heavy atom. The third-order valence-electron chi connectivity index (χ3n) is 9.01. The van der Waals surface area contributed by atoms with E-state index in [2.05, 4.69) is 30.5 Å². The van der Waals surface area contributed by atoms with Crippen molar-refractivity contribution in [3.8, 4) is 0 Å². The molecule has 0 saturated heterocycles. The lowest BCUT2D eigenvalue weighted by molar-refractivity contribution is -0.161. The van der Waals surface area contributed by atoms with Crippen LogP contribution in [0.25, 0.3) is 0 Å². The summed E-state index contributed by atoms with van der Waals surface area (Å²) in [5.74, 6) is -1.87. The molecule has 4 N–H and O–H groups in total. The van der Waals surface area contributed by atoms with Crippen molar-refractivity contribution in [1.29, 1.82) is 0 Å². The summed E-state index contributed by atoms with van der Waals surface area (Å²) in [6.07, 6.45) is 26.6. The number of rotatable bonds is 31. The van der Waals surface area contributed by atoms with Crippen LogP contribution in [0.2, 0.25) is 0 Å². The first-order valence-electron chi connectivity index (χ1n) is 19.4. The summed E-state index contributed by atoms with van der Waals surface area (Å²) >= 11 is 0. The van der Waals surface area contributed by atoms with Gasteiger partial charge in [0.05, 0.1) is 18.8 Å². The number of carbonyl (C=O) groups is 3. The topological polar surface area (TPSA) is 177 Å². The zero-order valence-corrected chi connectivity index (χ0v) is 32.1. The van der Waals surface area contributed by atoms with E-state index in [0.29, 0.717) is 32.1 Å². The molecular weight excluding hydrogens is 675 g/mol. The molecule has 0 amide bonds. The lowest BCUT2D eigenvalue weighted by Gasteiger charge is -2.18. The summed E-state index contributed by atoms with van der Waals surface area (Å²) in [4.78, 5) is 55.3. The van der Waals surface area contributed by atoms with E-state index in [9.17, 15) is 29.2 Å². The number of aliphatic hydroxyl groups excluding tert-OH is 2. The molecule has 1 fully saturated rings. The fourth-order valence-electron chi connectivity index (χ4n) is 5.99. The standard InChI is InChI=1S/C39H67O11P/c1-3-5-7-8-9-10-11-12-13-14-15-16-21-25-38(43)48-30-33(31-49-51(45,46)47)50-39(44)26-22-18-17-20-24-34-35(37(42)29-36(34)41)28-27-32(40)23-19-6-4-2/h10-11,17,20,27-28,32-36,40-41H,3-9,12-16,18-19,21-26,29-31H2,1-2H3,(H2,45,46,47)/b11-10-,20-17-,28-27+/t32-,33+,34+,35+,36-/m0/s1. The fourth-order valence-corrected chi connectivity index (χ4v) is 6.35. The van der Waals surface area contributed by atoms with Crippen molar-refractivity contribution in [3.63, 3.8) is 0 Å². The number of phosphoric ester groups is 1. The van der Waals surface area contributed by atoms with Gasteiger partial charge in [0.1, 0.15) is 12.4 Å². The Hall–Kier alpha value is -2.14. The van der Waals surface area contributed by atoms with Crippen molar-refractivity contribution in [2.75, 3.05) is 13.2 Å². The monoisotopic (exact) mass is 742 g/mol. The Bertz CT molecular complexity index is 1080. The number of hydrogen-bond donors (Lipinski definition) is 4. The van der Waals surface area contributed by atoms with Gasteiger partial charge in [0, 0.05) is 31.1 Å². The van der Waals surface area contributed by atoms with E-state index in [1.54, 1.807) is 12.2 Å². The predicted molar refractivity (Wildman–Crippen MR) is 199 cm³/mol. The SMILES string of the molecule is CCCCCC/C=C\CCCCCCCC(=O)OC[C@H](COP(=O)(O)O)OC(=O)CCC/C=C\C[C@H]1[C@@H](O)CC(=O)[C@@H]1/C=C/[C@@H](O)CCCCC. The smallest absolute Gasteiger partial charge is 0.462 e. The van der Waals surface area contributed by atoms with Gasteiger partial charge >= 0.3 is 19.8 Å². The molecule has 0 unspecified atom stereocenters. The molecule has 0 spiro atoms. The highest BCUT2D eigenvalue weighted by atomic mass is 31.2. The minimum absolute atomic E-state index is 0.0191. The van der Waals surface area contributed by atoms with Gasteiger partial charge in [-0.3, -0.25) is 18.9 Å². The maximum atomic E-state index is 12.5. The van der Waals surface area contributed by atoms with Crippen molar-refractivity contribution < 1.29 is 52.9 Å². The molecule has 12 heteroatoms. The van der Waals surface area contributed by atoms with E-state index in [-0.39, 0.29) is 37.6 Å². The van der Waals surface area contributed by atoms with Crippen molar-refractivity contribution >= 4 is 25.5 Å². The van der Waals surface area contributed by atoms with Gasteiger partial charge in [0.25, 0.3) is 0 Å². The molecule has 1 rings (SSSR count). The van der Waals surface area contributed by atoms with Gasteiger partial charge in [-0.25, -0.2) is 4.57 Å². The summed E-state index contributed by atoms with van der Waals surface area (Å²) in [7, 11) is -4.83. The third kappa shape index (κ3) is 25.5. The fraction of sp³-hybridized carbons (Fsp3) is 0.769. The van der Waals surface area contributed by atoms with Crippen LogP contribution in [0, 0.1) is 11.8 Å². The third-order valence-corrected chi connectivity index (χ3v) is 9.49. The lowest BCUT2D eigenvalue weighted by Crippen LogP contribution is -2.29. The number of aliphatic hydroxyl groups is 2. The highest BCUT2D eigenvalue weighted by Gasteiger charge is 2.39. The molecule has 1 aliphatic carbocycles. The van der Waals surface area contributed by atoms with E-state index >= 15 is 0 Å². The molecule has 1 saturated carbocycles. The second-order valence-corrected chi connectivity index (χ2v) is 14.9. The molecule has 11 nitrogen and oxygen atoms in total. The van der Waals surface area contributed by atoms with E-state index < -0.39 is 50.6 Å². The molecule has 0 heterocycles. The lowest BCUT2D eigenvalue weighted by atomic mass is 9.90. The Labute approximate surface area is 306 Å². The van der Waals surface area contributed by atoms with Crippen molar-refractivity contribution in [2.24, 2.45) is 11.8 Å². The largest absolute Gasteiger partial charge is 0.469 e. The summed E-state index contributed by atoms with van der Waals surface area (Å²) in [6.45, 7) is 3.31. The number of carbonyl (C=O) groups excluding carboxylic acids is 3. The normalized spacial score (nSPS) is 19.4. The molecule has 51 heavy (non-hydrogen) atoms. The number of esters is 2. The van der Waals surface area contributed by atoms with Crippen LogP contribution in [0.1, 0.15) is 149 Å². The van der Waals surface area contributed by atoms with Gasteiger partial charge in [-0.2, -0.15) is 0 Å². The first kappa shape index (κ1) is 46.9. The maximum Gasteiger partial charge on any atom is 0.469 e. The molecule has 0 aromatic heterocycles. The quantitative estimate of drug-likeness (QED) is 0.0234. The van der Waals surface area contributed by atoms with Crippen LogP contribution in [0.5, 0.6) is 0 Å². The van der Waals surface area contributed by atoms with Gasteiger partial charge in [-0.15, -0.1) is 0 Å². The summed E-state index contributed by atoms with van der Waals surface area (Å²) in [5.41, 5.74) is 0. The summed E-state index contributed by atoms with van der Waals surface area (Å²) in [5, 5.41) is 20.6. The molecule has 0 aromatic carbocycles. The average Bonchev–Trinajstić information content (AvgIpc) is 3.35. The second kappa shape index (κ2) is 29.3. The number of phosphoric acid groups is 1. The van der Waals surface area contributed by atoms with E-state index in [1.807, 2.05) is 12.2 Å². The van der Waals surface area contributed by atoms with Crippen LogP contribution in [-0.4, -0.2) is 69.2 Å². The predicted octanol–water partition coefficient (Wildman–Crippen LogP) is 7.99. The van der Waals surface area contributed by atoms with E-state index in [0.717, 1.165) is 57.8 Å². The van der Waals surface area contributed by atoms with Crippen LogP contribution < -0.4 is 0 Å². The number of ketones is 1. The molecule has 1 aliphatic rings.